The van der Waals surface area contributed by atoms with Gasteiger partial charge in [-0.15, -0.1) is 0 Å². The fraction of sp³-hybridized carbons (Fsp3) is 0.833. The Kier molecular flexibility index (Phi) is 6.80. The van der Waals surface area contributed by atoms with Crippen LogP contribution in [0, 0.1) is 5.41 Å². The molecule has 0 atom stereocenters. The first-order valence-corrected chi connectivity index (χ1v) is 5.93. The number of nitrogens with one attached hydrogen (secondary N) is 2. The van der Waals surface area contributed by atoms with Gasteiger partial charge in [0.15, 0.2) is 0 Å². The predicted molar refractivity (Wildman–Crippen MR) is 68.6 cm³/mol. The molecule has 0 spiro atoms. The maximum atomic E-state index is 11.5. The zero-order valence-corrected chi connectivity index (χ0v) is 11.6. The minimum atomic E-state index is -0.453. The Bertz CT molecular complexity index is 257. The molecule has 0 aromatic rings. The van der Waals surface area contributed by atoms with Crippen molar-refractivity contribution in [2.24, 2.45) is 5.41 Å². The first kappa shape index (κ1) is 15.9. The van der Waals surface area contributed by atoms with Crippen molar-refractivity contribution in [1.82, 2.24) is 15.5 Å². The van der Waals surface area contributed by atoms with Gasteiger partial charge >= 0.3 is 0 Å². The molecule has 5 heteroatoms. The first-order valence-electron chi connectivity index (χ1n) is 5.93. The van der Waals surface area contributed by atoms with Crippen molar-refractivity contribution in [1.29, 1.82) is 0 Å². The predicted octanol–water partition coefficient (Wildman–Crippen LogP) is 0.217. The van der Waals surface area contributed by atoms with E-state index >= 15 is 0 Å². The van der Waals surface area contributed by atoms with E-state index in [0.29, 0.717) is 6.54 Å². The smallest absolute Gasteiger partial charge is 0.239 e. The van der Waals surface area contributed by atoms with E-state index in [4.69, 9.17) is 0 Å². The van der Waals surface area contributed by atoms with Gasteiger partial charge in [0.1, 0.15) is 0 Å². The highest BCUT2D eigenvalue weighted by molar-refractivity contribution is 5.87. The lowest BCUT2D eigenvalue weighted by Crippen LogP contribution is -2.42. The molecule has 5 nitrogen and oxygen atoms in total. The van der Waals surface area contributed by atoms with E-state index in [0.717, 1.165) is 13.0 Å². The van der Waals surface area contributed by atoms with Crippen molar-refractivity contribution in [3.05, 3.63) is 0 Å². The van der Waals surface area contributed by atoms with Crippen molar-refractivity contribution in [2.75, 3.05) is 33.7 Å². The Morgan fingerprint density at radius 1 is 1.12 bits per heavy atom. The summed E-state index contributed by atoms with van der Waals surface area (Å²) < 4.78 is 0. The van der Waals surface area contributed by atoms with Crippen molar-refractivity contribution in [2.45, 2.75) is 27.2 Å². The molecule has 0 aromatic heterocycles. The van der Waals surface area contributed by atoms with Crippen molar-refractivity contribution < 1.29 is 9.59 Å². The number of amides is 2. The van der Waals surface area contributed by atoms with Crippen LogP contribution in [0.15, 0.2) is 0 Å². The van der Waals surface area contributed by atoms with Crippen LogP contribution in [-0.4, -0.2) is 50.4 Å². The lowest BCUT2D eigenvalue weighted by atomic mass is 9.96. The first-order chi connectivity index (χ1) is 7.73. The molecule has 0 bridgehead atoms. The van der Waals surface area contributed by atoms with Crippen LogP contribution in [0.5, 0.6) is 0 Å². The highest BCUT2D eigenvalue weighted by Gasteiger charge is 2.21. The molecule has 0 aliphatic heterocycles. The summed E-state index contributed by atoms with van der Waals surface area (Å²) in [5, 5.41) is 5.38. The molecule has 0 aliphatic rings. The molecular formula is C12H25N3O2. The summed E-state index contributed by atoms with van der Waals surface area (Å²) in [6, 6.07) is 0. The van der Waals surface area contributed by atoms with E-state index < -0.39 is 5.41 Å². The summed E-state index contributed by atoms with van der Waals surface area (Å²) >= 11 is 0. The van der Waals surface area contributed by atoms with Crippen molar-refractivity contribution in [3.8, 4) is 0 Å². The normalized spacial score (nSPS) is 11.4. The van der Waals surface area contributed by atoms with E-state index in [2.05, 4.69) is 15.5 Å². The van der Waals surface area contributed by atoms with Gasteiger partial charge in [-0.3, -0.25) is 9.59 Å². The van der Waals surface area contributed by atoms with Crippen molar-refractivity contribution >= 4 is 11.8 Å². The van der Waals surface area contributed by atoms with Crippen LogP contribution in [0.4, 0.5) is 0 Å². The minimum absolute atomic E-state index is 0.0536. The van der Waals surface area contributed by atoms with Crippen LogP contribution in [0.2, 0.25) is 0 Å². The molecular weight excluding hydrogens is 218 g/mol. The second-order valence-corrected chi connectivity index (χ2v) is 5.44. The van der Waals surface area contributed by atoms with E-state index in [1.54, 1.807) is 0 Å². The molecule has 0 fully saturated rings. The number of carbonyl (C=O) groups excluding carboxylic acids is 2. The summed E-state index contributed by atoms with van der Waals surface area (Å²) in [5.41, 5.74) is -0.453. The fourth-order valence-corrected chi connectivity index (χ4v) is 1.11. The number of hydrogen-bond acceptors (Lipinski definition) is 3. The van der Waals surface area contributed by atoms with Gasteiger partial charge in [0, 0.05) is 12.0 Å². The summed E-state index contributed by atoms with van der Waals surface area (Å²) in [6.07, 6.45) is 0.909. The highest BCUT2D eigenvalue weighted by atomic mass is 16.2. The monoisotopic (exact) mass is 243 g/mol. The molecule has 0 aliphatic carbocycles. The van der Waals surface area contributed by atoms with Gasteiger partial charge in [-0.25, -0.2) is 0 Å². The van der Waals surface area contributed by atoms with Gasteiger partial charge in [0.05, 0.1) is 6.54 Å². The number of nitrogens with zero attached hydrogens (tertiary/aromatic N) is 1. The Morgan fingerprint density at radius 2 is 1.71 bits per heavy atom. The summed E-state index contributed by atoms with van der Waals surface area (Å²) in [5.74, 6) is -0.248. The Morgan fingerprint density at radius 3 is 2.18 bits per heavy atom. The van der Waals surface area contributed by atoms with E-state index in [9.17, 15) is 9.59 Å². The number of rotatable bonds is 6. The second-order valence-electron chi connectivity index (χ2n) is 5.44. The average molecular weight is 243 g/mol. The van der Waals surface area contributed by atoms with Gasteiger partial charge in [0.25, 0.3) is 0 Å². The molecule has 0 rings (SSSR count). The average Bonchev–Trinajstić information content (AvgIpc) is 2.19. The maximum Gasteiger partial charge on any atom is 0.239 e. The topological polar surface area (TPSA) is 61.4 Å². The van der Waals surface area contributed by atoms with E-state index in [1.165, 1.54) is 0 Å². The fourth-order valence-electron chi connectivity index (χ4n) is 1.11. The van der Waals surface area contributed by atoms with Crippen molar-refractivity contribution in [3.63, 3.8) is 0 Å². The molecule has 0 heterocycles. The van der Waals surface area contributed by atoms with Crippen LogP contribution < -0.4 is 10.6 Å². The minimum Gasteiger partial charge on any atom is -0.355 e. The van der Waals surface area contributed by atoms with Crippen LogP contribution in [0.25, 0.3) is 0 Å². The molecule has 17 heavy (non-hydrogen) atoms. The van der Waals surface area contributed by atoms with Gasteiger partial charge in [-0.1, -0.05) is 20.8 Å². The molecule has 100 valence electrons. The third-order valence-corrected chi connectivity index (χ3v) is 2.19. The standard InChI is InChI=1S/C12H25N3O2/c1-12(2,3)11(17)14-9-10(16)13-7-6-8-15(4)5/h6-9H2,1-5H3,(H,13,16)(H,14,17). The molecule has 0 saturated carbocycles. The maximum absolute atomic E-state index is 11.5. The Balaban J connectivity index is 3.64. The summed E-state index contributed by atoms with van der Waals surface area (Å²) in [4.78, 5) is 24.9. The Labute approximate surface area is 104 Å². The molecule has 2 amide bonds. The third kappa shape index (κ3) is 8.68. The molecule has 0 unspecified atom stereocenters. The molecule has 0 radical (unpaired) electrons. The summed E-state index contributed by atoms with van der Waals surface area (Å²) in [6.45, 7) is 7.08. The highest BCUT2D eigenvalue weighted by Crippen LogP contribution is 2.11. The van der Waals surface area contributed by atoms with Crippen LogP contribution in [0.1, 0.15) is 27.2 Å². The molecule has 0 saturated heterocycles. The van der Waals surface area contributed by atoms with E-state index in [1.807, 2.05) is 34.9 Å². The van der Waals surface area contributed by atoms with Gasteiger partial charge in [-0.2, -0.15) is 0 Å². The zero-order chi connectivity index (χ0) is 13.5. The Hall–Kier alpha value is -1.10. The molecule has 0 aromatic carbocycles. The van der Waals surface area contributed by atoms with Crippen LogP contribution in [-0.2, 0) is 9.59 Å². The largest absolute Gasteiger partial charge is 0.355 e. The van der Waals surface area contributed by atoms with Gasteiger partial charge < -0.3 is 15.5 Å². The zero-order valence-electron chi connectivity index (χ0n) is 11.6. The quantitative estimate of drug-likeness (QED) is 0.656. The lowest BCUT2D eigenvalue weighted by Gasteiger charge is -2.17. The number of carbonyl (C=O) groups is 2. The summed E-state index contributed by atoms with van der Waals surface area (Å²) in [7, 11) is 3.98. The lowest BCUT2D eigenvalue weighted by molar-refractivity contribution is -0.131. The molecule has 2 N–H and O–H groups in total. The van der Waals surface area contributed by atoms with Gasteiger partial charge in [0.2, 0.25) is 11.8 Å². The van der Waals surface area contributed by atoms with Crippen LogP contribution >= 0.6 is 0 Å². The van der Waals surface area contributed by atoms with Crippen LogP contribution in [0.3, 0.4) is 0 Å². The third-order valence-electron chi connectivity index (χ3n) is 2.19. The second kappa shape index (κ2) is 7.27. The van der Waals surface area contributed by atoms with E-state index in [-0.39, 0.29) is 18.4 Å². The number of hydrogen-bond donors (Lipinski definition) is 2. The SMILES string of the molecule is CN(C)CCCNC(=O)CNC(=O)C(C)(C)C. The van der Waals surface area contributed by atoms with Gasteiger partial charge in [-0.05, 0) is 27.1 Å².